The molecular formula is C14H20Cl2N2O. The van der Waals surface area contributed by atoms with Crippen LogP contribution in [-0.4, -0.2) is 37.7 Å². The Labute approximate surface area is 124 Å². The normalized spacial score (nSPS) is 22.4. The number of rotatable bonds is 4. The first kappa shape index (κ1) is 15.1. The summed E-state index contributed by atoms with van der Waals surface area (Å²) in [6.45, 7) is 2.43. The Hall–Kier alpha value is -0.320. The molecule has 1 fully saturated rings. The average molecular weight is 303 g/mol. The van der Waals surface area contributed by atoms with Gasteiger partial charge in [-0.25, -0.2) is 0 Å². The van der Waals surface area contributed by atoms with Gasteiger partial charge in [-0.1, -0.05) is 35.3 Å². The van der Waals surface area contributed by atoms with Crippen LogP contribution in [0.1, 0.15) is 24.4 Å². The van der Waals surface area contributed by atoms with E-state index in [1.807, 2.05) is 12.1 Å². The van der Waals surface area contributed by atoms with Crippen LogP contribution in [-0.2, 0) is 4.74 Å². The van der Waals surface area contributed by atoms with Crippen molar-refractivity contribution in [3.8, 4) is 0 Å². The fraction of sp³-hybridized carbons (Fsp3) is 0.571. The summed E-state index contributed by atoms with van der Waals surface area (Å²) in [6.07, 6.45) is 2.50. The lowest BCUT2D eigenvalue weighted by atomic mass is 10.0. The molecule has 2 N–H and O–H groups in total. The molecule has 19 heavy (non-hydrogen) atoms. The molecule has 1 saturated heterocycles. The van der Waals surface area contributed by atoms with E-state index in [0.29, 0.717) is 16.6 Å². The second-order valence-corrected chi connectivity index (χ2v) is 5.67. The molecule has 2 rings (SSSR count). The highest BCUT2D eigenvalue weighted by molar-refractivity contribution is 6.42. The zero-order valence-electron chi connectivity index (χ0n) is 11.1. The Kier molecular flexibility index (Phi) is 5.48. The van der Waals surface area contributed by atoms with Gasteiger partial charge in [0.2, 0.25) is 0 Å². The van der Waals surface area contributed by atoms with Crippen LogP contribution in [0.3, 0.4) is 0 Å². The minimum Gasteiger partial charge on any atom is -0.380 e. The summed E-state index contributed by atoms with van der Waals surface area (Å²) in [5.74, 6) is 0. The van der Waals surface area contributed by atoms with Crippen LogP contribution >= 0.6 is 23.2 Å². The van der Waals surface area contributed by atoms with E-state index in [2.05, 4.69) is 4.90 Å². The highest BCUT2D eigenvalue weighted by Crippen LogP contribution is 2.33. The minimum absolute atomic E-state index is 0.101. The van der Waals surface area contributed by atoms with Crippen LogP contribution in [0.4, 0.5) is 0 Å². The van der Waals surface area contributed by atoms with Crippen molar-refractivity contribution in [1.82, 2.24) is 4.90 Å². The molecule has 0 aromatic heterocycles. The Balaban J connectivity index is 2.21. The zero-order chi connectivity index (χ0) is 13.8. The van der Waals surface area contributed by atoms with Gasteiger partial charge in [-0.05, 0) is 31.0 Å². The number of ether oxygens (including phenoxy) is 1. The molecule has 1 aliphatic heterocycles. The van der Waals surface area contributed by atoms with E-state index in [1.54, 1.807) is 13.2 Å². The SMILES string of the molecule is COC1CCCN(C(CN)c2cccc(Cl)c2Cl)C1. The average Bonchev–Trinajstić information content (AvgIpc) is 2.44. The molecule has 1 aromatic rings. The summed E-state index contributed by atoms with van der Waals surface area (Å²) in [7, 11) is 1.76. The van der Waals surface area contributed by atoms with Crippen LogP contribution in [0.2, 0.25) is 10.0 Å². The van der Waals surface area contributed by atoms with E-state index in [4.69, 9.17) is 33.7 Å². The Morgan fingerprint density at radius 1 is 1.47 bits per heavy atom. The molecule has 0 amide bonds. The Bertz CT molecular complexity index is 428. The fourth-order valence-corrected chi connectivity index (χ4v) is 3.13. The summed E-state index contributed by atoms with van der Waals surface area (Å²) < 4.78 is 5.46. The van der Waals surface area contributed by atoms with Crippen LogP contribution < -0.4 is 5.73 Å². The van der Waals surface area contributed by atoms with E-state index >= 15 is 0 Å². The van der Waals surface area contributed by atoms with Crippen molar-refractivity contribution in [3.05, 3.63) is 33.8 Å². The molecule has 0 saturated carbocycles. The van der Waals surface area contributed by atoms with Crippen molar-refractivity contribution in [1.29, 1.82) is 0 Å². The van der Waals surface area contributed by atoms with E-state index in [0.717, 1.165) is 31.5 Å². The van der Waals surface area contributed by atoms with Crippen LogP contribution in [0.5, 0.6) is 0 Å². The maximum atomic E-state index is 6.31. The molecule has 106 valence electrons. The molecule has 0 spiro atoms. The molecule has 2 unspecified atom stereocenters. The molecular weight excluding hydrogens is 283 g/mol. The fourth-order valence-electron chi connectivity index (χ4n) is 2.69. The number of piperidine rings is 1. The van der Waals surface area contributed by atoms with Gasteiger partial charge in [-0.15, -0.1) is 0 Å². The zero-order valence-corrected chi connectivity index (χ0v) is 12.6. The molecule has 1 aliphatic rings. The van der Waals surface area contributed by atoms with Crippen molar-refractivity contribution in [2.24, 2.45) is 5.73 Å². The summed E-state index contributed by atoms with van der Waals surface area (Å²) in [4.78, 5) is 2.34. The summed E-state index contributed by atoms with van der Waals surface area (Å²) >= 11 is 12.4. The number of hydrogen-bond donors (Lipinski definition) is 1. The lowest BCUT2D eigenvalue weighted by Crippen LogP contribution is -2.43. The third-order valence-electron chi connectivity index (χ3n) is 3.75. The molecule has 1 heterocycles. The number of methoxy groups -OCH3 is 1. The molecule has 3 nitrogen and oxygen atoms in total. The molecule has 0 aliphatic carbocycles. The first-order valence-corrected chi connectivity index (χ1v) is 7.33. The molecule has 2 atom stereocenters. The summed E-state index contributed by atoms with van der Waals surface area (Å²) in [5.41, 5.74) is 6.97. The van der Waals surface area contributed by atoms with Gasteiger partial charge in [0.1, 0.15) is 0 Å². The van der Waals surface area contributed by atoms with Gasteiger partial charge in [0.15, 0.2) is 0 Å². The van der Waals surface area contributed by atoms with Gasteiger partial charge in [0, 0.05) is 26.2 Å². The van der Waals surface area contributed by atoms with Crippen molar-refractivity contribution >= 4 is 23.2 Å². The van der Waals surface area contributed by atoms with Gasteiger partial charge in [-0.3, -0.25) is 4.90 Å². The van der Waals surface area contributed by atoms with Crippen molar-refractivity contribution in [2.75, 3.05) is 26.7 Å². The van der Waals surface area contributed by atoms with E-state index < -0.39 is 0 Å². The largest absolute Gasteiger partial charge is 0.380 e. The number of halogens is 2. The lowest BCUT2D eigenvalue weighted by Gasteiger charge is -2.37. The maximum absolute atomic E-state index is 6.31. The maximum Gasteiger partial charge on any atom is 0.0698 e. The predicted molar refractivity (Wildman–Crippen MR) is 79.9 cm³/mol. The number of nitrogens with two attached hydrogens (primary N) is 1. The van der Waals surface area contributed by atoms with Crippen LogP contribution in [0.15, 0.2) is 18.2 Å². The van der Waals surface area contributed by atoms with Crippen molar-refractivity contribution < 1.29 is 4.74 Å². The smallest absolute Gasteiger partial charge is 0.0698 e. The van der Waals surface area contributed by atoms with Crippen molar-refractivity contribution in [3.63, 3.8) is 0 Å². The molecule has 0 bridgehead atoms. The predicted octanol–water partition coefficient (Wildman–Crippen LogP) is 3.10. The third kappa shape index (κ3) is 3.41. The molecule has 5 heteroatoms. The van der Waals surface area contributed by atoms with E-state index in [1.165, 1.54) is 0 Å². The molecule has 0 radical (unpaired) electrons. The van der Waals surface area contributed by atoms with Gasteiger partial charge in [-0.2, -0.15) is 0 Å². The van der Waals surface area contributed by atoms with Crippen molar-refractivity contribution in [2.45, 2.75) is 25.0 Å². The molecule has 1 aromatic carbocycles. The quantitative estimate of drug-likeness (QED) is 0.929. The number of benzene rings is 1. The number of hydrogen-bond acceptors (Lipinski definition) is 3. The first-order chi connectivity index (χ1) is 9.17. The monoisotopic (exact) mass is 302 g/mol. The second-order valence-electron chi connectivity index (χ2n) is 4.89. The standard InChI is InChI=1S/C14H20Cl2N2O/c1-19-10-4-3-7-18(9-10)13(8-17)11-5-2-6-12(15)14(11)16/h2,5-6,10,13H,3-4,7-9,17H2,1H3. The summed E-state index contributed by atoms with van der Waals surface area (Å²) in [5, 5.41) is 1.19. The van der Waals surface area contributed by atoms with Crippen LogP contribution in [0, 0.1) is 0 Å². The highest BCUT2D eigenvalue weighted by Gasteiger charge is 2.27. The summed E-state index contributed by atoms with van der Waals surface area (Å²) in [6, 6.07) is 5.82. The lowest BCUT2D eigenvalue weighted by molar-refractivity contribution is 0.0155. The Morgan fingerprint density at radius 3 is 2.95 bits per heavy atom. The van der Waals surface area contributed by atoms with Gasteiger partial charge < -0.3 is 10.5 Å². The van der Waals surface area contributed by atoms with E-state index in [9.17, 15) is 0 Å². The number of nitrogens with zero attached hydrogens (tertiary/aromatic N) is 1. The highest BCUT2D eigenvalue weighted by atomic mass is 35.5. The van der Waals surface area contributed by atoms with Gasteiger partial charge >= 0.3 is 0 Å². The van der Waals surface area contributed by atoms with Gasteiger partial charge in [0.25, 0.3) is 0 Å². The topological polar surface area (TPSA) is 38.5 Å². The second kappa shape index (κ2) is 6.91. The Morgan fingerprint density at radius 2 is 2.26 bits per heavy atom. The third-order valence-corrected chi connectivity index (χ3v) is 4.58. The van der Waals surface area contributed by atoms with E-state index in [-0.39, 0.29) is 12.1 Å². The number of likely N-dealkylation sites (tertiary alicyclic amines) is 1. The minimum atomic E-state index is 0.101. The van der Waals surface area contributed by atoms with Gasteiger partial charge in [0.05, 0.1) is 16.1 Å². The van der Waals surface area contributed by atoms with Crippen LogP contribution in [0.25, 0.3) is 0 Å². The first-order valence-electron chi connectivity index (χ1n) is 6.58.